The summed E-state index contributed by atoms with van der Waals surface area (Å²) in [6, 6.07) is 0. The summed E-state index contributed by atoms with van der Waals surface area (Å²) in [6.45, 7) is 0. The van der Waals surface area contributed by atoms with E-state index in [4.69, 9.17) is 0 Å². The maximum atomic E-state index is 0. The summed E-state index contributed by atoms with van der Waals surface area (Å²) in [5.41, 5.74) is 0. The molecule has 0 aromatic heterocycles. The average Bonchev–Trinajstić information content (AvgIpc) is 0. The molecular formula is AlCuNTi. The minimum Gasteiger partial charge on any atom is 0 e. The van der Waals surface area contributed by atoms with Crippen LogP contribution in [0.4, 0.5) is 0 Å². The van der Waals surface area contributed by atoms with E-state index in [1.165, 1.54) is 0 Å². The van der Waals surface area contributed by atoms with E-state index in [-0.39, 0.29) is 62.3 Å². The van der Waals surface area contributed by atoms with E-state index in [2.05, 4.69) is 0 Å². The van der Waals surface area contributed by atoms with Crippen LogP contribution >= 0.6 is 0 Å². The number of nitrogens with zero attached hydrogens (tertiary/aromatic N) is 1. The Morgan fingerprint density at radius 1 is 1.00 bits per heavy atom. The molecule has 0 saturated heterocycles. The predicted molar refractivity (Wildman–Crippen MR) is 7.89 cm³/mol. The largest absolute Gasteiger partial charge is 0 e. The first kappa shape index (κ1) is 42.9. The second-order valence-corrected chi connectivity index (χ2v) is 0. The van der Waals surface area contributed by atoms with Crippen LogP contribution in [0, 0.1) is 0 Å². The van der Waals surface area contributed by atoms with Crippen molar-refractivity contribution in [2.45, 2.75) is 0 Å². The monoisotopic (exact) mass is 152 g/mol. The second kappa shape index (κ2) is 22.0. The normalized spacial score (nSPS) is 0. The van der Waals surface area contributed by atoms with Gasteiger partial charge in [-0.1, -0.05) is 0 Å². The zero-order chi connectivity index (χ0) is 0. The van der Waals surface area contributed by atoms with Crippen LogP contribution in [-0.4, -0.2) is 17.4 Å². The van der Waals surface area contributed by atoms with Crippen molar-refractivity contribution in [1.29, 1.82) is 0 Å². The molecule has 4 heteroatoms. The summed E-state index contributed by atoms with van der Waals surface area (Å²) in [6.07, 6.45) is 0. The predicted octanol–water partition coefficient (Wildman–Crippen LogP) is -0.866. The van der Waals surface area contributed by atoms with Gasteiger partial charge in [0.1, 0.15) is 0 Å². The van der Waals surface area contributed by atoms with Gasteiger partial charge in [-0.05, 0) is 0 Å². The Hall–Kier alpha value is 1.73. The van der Waals surface area contributed by atoms with Gasteiger partial charge in [-0.3, -0.25) is 0 Å². The van der Waals surface area contributed by atoms with E-state index in [1.54, 1.807) is 0 Å². The van der Waals surface area contributed by atoms with Gasteiger partial charge in [-0.25, -0.2) is 0 Å². The first-order valence-electron chi connectivity index (χ1n) is 0. The van der Waals surface area contributed by atoms with E-state index in [0.717, 1.165) is 0 Å². The van der Waals surface area contributed by atoms with E-state index in [0.29, 0.717) is 0 Å². The molecular weight excluding hydrogens is 152 g/mol. The summed E-state index contributed by atoms with van der Waals surface area (Å²) in [5.74, 6) is 0. The van der Waals surface area contributed by atoms with Gasteiger partial charge in [0.05, 0.1) is 0 Å². The van der Waals surface area contributed by atoms with E-state index in [1.807, 2.05) is 0 Å². The fraction of sp³-hybridized carbons (Fsp3) is 0. The van der Waals surface area contributed by atoms with Gasteiger partial charge in [-0.2, -0.15) is 0 Å². The fourth-order valence-corrected chi connectivity index (χ4v) is 0. The molecule has 4 heavy (non-hydrogen) atoms. The molecule has 0 aliphatic carbocycles. The Morgan fingerprint density at radius 2 is 1.00 bits per heavy atom. The molecule has 0 spiro atoms. The summed E-state index contributed by atoms with van der Waals surface area (Å²) < 4.78 is 0. The number of rotatable bonds is 0. The van der Waals surface area contributed by atoms with Crippen LogP contribution in [0.5, 0.6) is 0 Å². The van der Waals surface area contributed by atoms with Gasteiger partial charge in [-0.15, -0.1) is 0 Å². The van der Waals surface area contributed by atoms with Gasteiger partial charge in [0, 0.05) is 62.3 Å². The van der Waals surface area contributed by atoms with Crippen LogP contribution in [0.1, 0.15) is 0 Å². The molecule has 0 fully saturated rings. The summed E-state index contributed by atoms with van der Waals surface area (Å²) in [5, 5.41) is 0. The second-order valence-electron chi connectivity index (χ2n) is 0. The summed E-state index contributed by atoms with van der Waals surface area (Å²) >= 11 is 0. The molecule has 0 N–H and O–H groups in total. The zero-order valence-electron chi connectivity index (χ0n) is 1.83. The molecule has 0 aromatic carbocycles. The summed E-state index contributed by atoms with van der Waals surface area (Å²) in [4.78, 5) is 0. The molecule has 23 valence electrons. The van der Waals surface area contributed by atoms with E-state index < -0.39 is 0 Å². The first-order valence-corrected chi connectivity index (χ1v) is 0. The quantitative estimate of drug-likeness (QED) is 0.404. The van der Waals surface area contributed by atoms with Crippen molar-refractivity contribution in [3.63, 3.8) is 0 Å². The molecule has 7 radical (unpaired) electrons. The molecule has 0 amide bonds. The van der Waals surface area contributed by atoms with Crippen LogP contribution in [0.3, 0.4) is 0 Å². The smallest absolute Gasteiger partial charge is 0 e. The Kier molecular flexibility index (Phi) is 236. The SMILES string of the molecule is [Al].[Cu].[N].[Ti]. The maximum Gasteiger partial charge on any atom is 0 e. The molecule has 0 aliphatic heterocycles. The Balaban J connectivity index is 0. The third kappa shape index (κ3) is 9.29. The Bertz CT molecular complexity index is 8.00. The molecule has 0 rings (SSSR count). The Labute approximate surface area is 62.0 Å². The minimum absolute atomic E-state index is 0. The number of hydrogen-bond acceptors (Lipinski definition) is 0. The summed E-state index contributed by atoms with van der Waals surface area (Å²) in [7, 11) is 0. The van der Waals surface area contributed by atoms with Crippen molar-refractivity contribution in [1.82, 2.24) is 6.15 Å². The van der Waals surface area contributed by atoms with Crippen molar-refractivity contribution in [3.8, 4) is 0 Å². The molecule has 0 heterocycles. The van der Waals surface area contributed by atoms with Gasteiger partial charge < -0.3 is 0 Å². The molecule has 0 saturated carbocycles. The minimum atomic E-state index is 0. The van der Waals surface area contributed by atoms with E-state index in [9.17, 15) is 0 Å². The van der Waals surface area contributed by atoms with Crippen LogP contribution in [-0.2, 0) is 38.8 Å². The topological polar surface area (TPSA) is 30.5 Å². The van der Waals surface area contributed by atoms with Gasteiger partial charge in [0.25, 0.3) is 0 Å². The zero-order valence-corrected chi connectivity index (χ0v) is 5.48. The third-order valence-electron chi connectivity index (χ3n) is 0. The molecule has 1 nitrogen and oxygen atoms in total. The van der Waals surface area contributed by atoms with Crippen molar-refractivity contribution < 1.29 is 38.8 Å². The van der Waals surface area contributed by atoms with Crippen LogP contribution < -0.4 is 6.15 Å². The van der Waals surface area contributed by atoms with E-state index >= 15 is 0 Å². The fourth-order valence-electron chi connectivity index (χ4n) is 0. The molecule has 0 aliphatic rings. The van der Waals surface area contributed by atoms with Crippen LogP contribution in [0.2, 0.25) is 0 Å². The van der Waals surface area contributed by atoms with Crippen molar-refractivity contribution in [3.05, 3.63) is 0 Å². The van der Waals surface area contributed by atoms with Crippen LogP contribution in [0.15, 0.2) is 0 Å². The molecule has 0 unspecified atom stereocenters. The van der Waals surface area contributed by atoms with Crippen LogP contribution in [0.25, 0.3) is 0 Å². The van der Waals surface area contributed by atoms with Crippen molar-refractivity contribution in [2.24, 2.45) is 0 Å². The van der Waals surface area contributed by atoms with Crippen molar-refractivity contribution >= 4 is 17.4 Å². The molecule has 0 atom stereocenters. The molecule has 0 aromatic rings. The average molecular weight is 152 g/mol. The third-order valence-corrected chi connectivity index (χ3v) is 0. The van der Waals surface area contributed by atoms with Gasteiger partial charge in [0.2, 0.25) is 0 Å². The van der Waals surface area contributed by atoms with Gasteiger partial charge in [0.15, 0.2) is 0 Å². The standard InChI is InChI=1S/Al.Cu.N.Ti. The number of hydrogen-bond donors (Lipinski definition) is 0. The van der Waals surface area contributed by atoms with Gasteiger partial charge >= 0.3 is 0 Å². The first-order chi connectivity index (χ1) is 0. The maximum absolute atomic E-state index is 0. The molecule has 0 bridgehead atoms. The van der Waals surface area contributed by atoms with Crippen molar-refractivity contribution in [2.75, 3.05) is 0 Å². The Morgan fingerprint density at radius 3 is 1.00 bits per heavy atom.